The quantitative estimate of drug-likeness (QED) is 0.874. The molecule has 1 unspecified atom stereocenters. The van der Waals surface area contributed by atoms with Crippen molar-refractivity contribution >= 4 is 17.7 Å². The van der Waals surface area contributed by atoms with Crippen molar-refractivity contribution in [3.05, 3.63) is 24.0 Å². The molecule has 114 valence electrons. The van der Waals surface area contributed by atoms with Gasteiger partial charge in [0.05, 0.1) is 20.3 Å². The minimum Gasteiger partial charge on any atom is -0.494 e. The van der Waals surface area contributed by atoms with E-state index in [4.69, 9.17) is 14.6 Å². The number of urea groups is 1. The third-order valence-electron chi connectivity index (χ3n) is 3.08. The molecule has 1 aliphatic rings. The maximum Gasteiger partial charge on any atom is 0.328 e. The molecule has 1 atom stereocenters. The van der Waals surface area contributed by atoms with Crippen molar-refractivity contribution in [3.8, 4) is 5.75 Å². The van der Waals surface area contributed by atoms with E-state index >= 15 is 0 Å². The van der Waals surface area contributed by atoms with Crippen LogP contribution in [0, 0.1) is 5.82 Å². The zero-order chi connectivity index (χ0) is 15.4. The fraction of sp³-hybridized carbons (Fsp3) is 0.385. The summed E-state index contributed by atoms with van der Waals surface area (Å²) in [6.45, 7) is 0.376. The molecule has 0 bridgehead atoms. The van der Waals surface area contributed by atoms with Gasteiger partial charge in [-0.3, -0.25) is 0 Å². The number of carbonyl (C=O) groups excluding carboxylic acids is 1. The zero-order valence-electron chi connectivity index (χ0n) is 11.3. The van der Waals surface area contributed by atoms with Gasteiger partial charge in [-0.25, -0.2) is 14.0 Å². The lowest BCUT2D eigenvalue weighted by Gasteiger charge is -2.32. The van der Waals surface area contributed by atoms with E-state index in [1.54, 1.807) is 0 Å². The second-order valence-corrected chi connectivity index (χ2v) is 4.40. The van der Waals surface area contributed by atoms with Gasteiger partial charge in [0, 0.05) is 18.3 Å². The van der Waals surface area contributed by atoms with E-state index in [-0.39, 0.29) is 25.5 Å². The number of amides is 2. The number of carboxylic acids is 1. The first kappa shape index (κ1) is 15.0. The van der Waals surface area contributed by atoms with Crippen LogP contribution in [0.2, 0.25) is 0 Å². The number of ether oxygens (including phenoxy) is 2. The minimum absolute atomic E-state index is 0.00966. The maximum atomic E-state index is 13.3. The van der Waals surface area contributed by atoms with Crippen molar-refractivity contribution < 1.29 is 28.6 Å². The lowest BCUT2D eigenvalue weighted by molar-refractivity contribution is -0.147. The highest BCUT2D eigenvalue weighted by Gasteiger charge is 2.32. The molecule has 1 saturated heterocycles. The smallest absolute Gasteiger partial charge is 0.328 e. The Balaban J connectivity index is 2.11. The number of nitrogens with one attached hydrogen (secondary N) is 1. The average molecular weight is 298 g/mol. The van der Waals surface area contributed by atoms with E-state index in [0.29, 0.717) is 5.69 Å². The molecule has 2 amide bonds. The summed E-state index contributed by atoms with van der Waals surface area (Å²) in [6, 6.07) is 2.22. The van der Waals surface area contributed by atoms with Gasteiger partial charge < -0.3 is 24.8 Å². The molecule has 1 aliphatic heterocycles. The number of hydrogen-bond acceptors (Lipinski definition) is 4. The van der Waals surface area contributed by atoms with Gasteiger partial charge in [-0.2, -0.15) is 0 Å². The Morgan fingerprint density at radius 3 is 2.95 bits per heavy atom. The molecule has 2 rings (SSSR count). The van der Waals surface area contributed by atoms with E-state index in [2.05, 4.69) is 5.32 Å². The Bertz CT molecular complexity index is 551. The third kappa shape index (κ3) is 3.40. The number of morpholine rings is 1. The first-order valence-corrected chi connectivity index (χ1v) is 6.24. The number of carbonyl (C=O) groups is 2. The SMILES string of the molecule is COc1cc(NC(=O)N2CCOCC2C(=O)O)ccc1F. The predicted octanol–water partition coefficient (Wildman–Crippen LogP) is 1.15. The van der Waals surface area contributed by atoms with E-state index in [1.165, 1.54) is 24.1 Å². The fourth-order valence-electron chi connectivity index (χ4n) is 1.98. The molecule has 0 radical (unpaired) electrons. The molecule has 0 aromatic heterocycles. The van der Waals surface area contributed by atoms with Gasteiger partial charge in [0.1, 0.15) is 0 Å². The summed E-state index contributed by atoms with van der Waals surface area (Å²) in [5.74, 6) is -1.70. The molecule has 7 nitrogen and oxygen atoms in total. The van der Waals surface area contributed by atoms with Gasteiger partial charge in [0.25, 0.3) is 0 Å². The molecule has 1 heterocycles. The molecule has 1 aromatic rings. The first-order chi connectivity index (χ1) is 10.0. The topological polar surface area (TPSA) is 88.1 Å². The van der Waals surface area contributed by atoms with E-state index < -0.39 is 23.9 Å². The van der Waals surface area contributed by atoms with Crippen molar-refractivity contribution in [1.29, 1.82) is 0 Å². The molecule has 1 aromatic carbocycles. The van der Waals surface area contributed by atoms with Crippen LogP contribution in [0.1, 0.15) is 0 Å². The number of carboxylic acid groups (broad SMARTS) is 1. The number of hydrogen-bond donors (Lipinski definition) is 2. The second kappa shape index (κ2) is 6.40. The largest absolute Gasteiger partial charge is 0.494 e. The lowest BCUT2D eigenvalue weighted by atomic mass is 10.2. The number of halogens is 1. The number of benzene rings is 1. The monoisotopic (exact) mass is 298 g/mol. The Kier molecular flexibility index (Phi) is 4.59. The molecule has 1 fully saturated rings. The summed E-state index contributed by atoms with van der Waals surface area (Å²) in [5, 5.41) is 11.6. The normalized spacial score (nSPS) is 18.2. The molecule has 0 saturated carbocycles. The van der Waals surface area contributed by atoms with Crippen LogP contribution in [0.4, 0.5) is 14.9 Å². The molecular formula is C13H15FN2O5. The summed E-state index contributed by atoms with van der Waals surface area (Å²) in [7, 11) is 1.31. The van der Waals surface area contributed by atoms with Gasteiger partial charge in [0.15, 0.2) is 17.6 Å². The maximum absolute atomic E-state index is 13.3. The van der Waals surface area contributed by atoms with Crippen LogP contribution >= 0.6 is 0 Å². The number of anilines is 1. The first-order valence-electron chi connectivity index (χ1n) is 6.24. The van der Waals surface area contributed by atoms with Crippen molar-refractivity contribution in [1.82, 2.24) is 4.90 Å². The fourth-order valence-corrected chi connectivity index (χ4v) is 1.98. The van der Waals surface area contributed by atoms with E-state index in [0.717, 1.165) is 6.07 Å². The highest BCUT2D eigenvalue weighted by Crippen LogP contribution is 2.22. The molecule has 2 N–H and O–H groups in total. The van der Waals surface area contributed by atoms with Crippen molar-refractivity contribution in [2.75, 3.05) is 32.2 Å². The van der Waals surface area contributed by atoms with Crippen LogP contribution < -0.4 is 10.1 Å². The number of aliphatic carboxylic acids is 1. The summed E-state index contributed by atoms with van der Waals surface area (Å²) in [5.41, 5.74) is 0.314. The summed E-state index contributed by atoms with van der Waals surface area (Å²) in [4.78, 5) is 24.4. The van der Waals surface area contributed by atoms with Crippen LogP contribution in [0.5, 0.6) is 5.75 Å². The molecule has 8 heteroatoms. The highest BCUT2D eigenvalue weighted by atomic mass is 19.1. The minimum atomic E-state index is -1.14. The lowest BCUT2D eigenvalue weighted by Crippen LogP contribution is -2.53. The van der Waals surface area contributed by atoms with Crippen molar-refractivity contribution in [2.24, 2.45) is 0 Å². The average Bonchev–Trinajstić information content (AvgIpc) is 2.49. The Morgan fingerprint density at radius 1 is 1.52 bits per heavy atom. The Hall–Kier alpha value is -2.35. The molecule has 0 spiro atoms. The molecule has 0 aliphatic carbocycles. The summed E-state index contributed by atoms with van der Waals surface area (Å²) < 4.78 is 23.2. The van der Waals surface area contributed by atoms with Gasteiger partial charge >= 0.3 is 12.0 Å². The van der Waals surface area contributed by atoms with E-state index in [1.807, 2.05) is 0 Å². The molecular weight excluding hydrogens is 283 g/mol. The predicted molar refractivity (Wildman–Crippen MR) is 70.9 cm³/mol. The highest BCUT2D eigenvalue weighted by molar-refractivity contribution is 5.92. The number of rotatable bonds is 3. The van der Waals surface area contributed by atoms with Crippen LogP contribution in [0.15, 0.2) is 18.2 Å². The van der Waals surface area contributed by atoms with Gasteiger partial charge in [-0.1, -0.05) is 0 Å². The van der Waals surface area contributed by atoms with Gasteiger partial charge in [-0.15, -0.1) is 0 Å². The van der Waals surface area contributed by atoms with Crippen molar-refractivity contribution in [3.63, 3.8) is 0 Å². The summed E-state index contributed by atoms with van der Waals surface area (Å²) >= 11 is 0. The van der Waals surface area contributed by atoms with Crippen molar-refractivity contribution in [2.45, 2.75) is 6.04 Å². The Morgan fingerprint density at radius 2 is 2.29 bits per heavy atom. The standard InChI is InChI=1S/C13H15FN2O5/c1-20-11-6-8(2-3-9(11)14)15-13(19)16-4-5-21-7-10(16)12(17)18/h2-3,6,10H,4-5,7H2,1H3,(H,15,19)(H,17,18). The van der Waals surface area contributed by atoms with Crippen LogP contribution in [-0.2, 0) is 9.53 Å². The molecule has 21 heavy (non-hydrogen) atoms. The van der Waals surface area contributed by atoms with Gasteiger partial charge in [-0.05, 0) is 12.1 Å². The second-order valence-electron chi connectivity index (χ2n) is 4.40. The number of methoxy groups -OCH3 is 1. The van der Waals surface area contributed by atoms with Crippen LogP contribution in [-0.4, -0.2) is 54.9 Å². The number of nitrogens with zero attached hydrogens (tertiary/aromatic N) is 1. The van der Waals surface area contributed by atoms with Crippen LogP contribution in [0.3, 0.4) is 0 Å². The van der Waals surface area contributed by atoms with Crippen LogP contribution in [0.25, 0.3) is 0 Å². The summed E-state index contributed by atoms with van der Waals surface area (Å²) in [6.07, 6.45) is 0. The zero-order valence-corrected chi connectivity index (χ0v) is 11.3. The Labute approximate surface area is 120 Å². The van der Waals surface area contributed by atoms with Gasteiger partial charge in [0.2, 0.25) is 0 Å². The van der Waals surface area contributed by atoms with E-state index in [9.17, 15) is 14.0 Å². The third-order valence-corrected chi connectivity index (χ3v) is 3.08.